The van der Waals surface area contributed by atoms with Gasteiger partial charge in [0, 0.05) is 0 Å². The van der Waals surface area contributed by atoms with Gasteiger partial charge < -0.3 is 0 Å². The first-order valence-electron chi connectivity index (χ1n) is 12.0. The third kappa shape index (κ3) is 4.45. The maximum absolute atomic E-state index is 12.9. The molecule has 0 saturated heterocycles. The molecule has 36 heavy (non-hydrogen) atoms. The fraction of sp³-hybridized carbons (Fsp3) is 0.172. The average molecular weight is 586 g/mol. The zero-order valence-electron chi connectivity index (χ0n) is 19.7. The molecule has 0 spiro atoms. The number of hydrogen-bond donors (Lipinski definition) is 0. The molecular formula is C29H28ClO4PSe. The van der Waals surface area contributed by atoms with Gasteiger partial charge in [0.2, 0.25) is 0 Å². The van der Waals surface area contributed by atoms with Crippen molar-refractivity contribution in [2.45, 2.75) is 23.8 Å². The molecule has 0 heterocycles. The van der Waals surface area contributed by atoms with Gasteiger partial charge in [-0.1, -0.05) is 0 Å². The van der Waals surface area contributed by atoms with E-state index in [1.165, 1.54) is 0 Å². The molecule has 0 N–H and O–H groups in total. The Morgan fingerprint density at radius 1 is 0.639 bits per heavy atom. The third-order valence-electron chi connectivity index (χ3n) is 7.07. The molecule has 0 aliphatic heterocycles. The van der Waals surface area contributed by atoms with Crippen LogP contribution < -0.4 is 34.4 Å². The third-order valence-corrected chi connectivity index (χ3v) is 19.8. The Kier molecular flexibility index (Phi) is 7.38. The molecule has 4 aromatic rings. The van der Waals surface area contributed by atoms with Crippen LogP contribution in [0.4, 0.5) is 0 Å². The standard InChI is InChI=1S/C29H28ClO4PSe/c31-30(32,33)34-35(25-16-5-1-6-17-25,26-18-7-2-8-19-26,27-20-9-3-10-21-27)29(24-14-13-15-24)36-28-22-11-4-12-23-28/h1-12,16-24,29H,13-15H2. The van der Waals surface area contributed by atoms with Crippen molar-refractivity contribution < 1.29 is 28.3 Å². The van der Waals surface area contributed by atoms with Crippen molar-refractivity contribution in [3.05, 3.63) is 121 Å². The van der Waals surface area contributed by atoms with Crippen LogP contribution >= 0.6 is 6.83 Å². The van der Waals surface area contributed by atoms with Gasteiger partial charge in [-0.05, 0) is 0 Å². The van der Waals surface area contributed by atoms with Gasteiger partial charge in [0.1, 0.15) is 0 Å². The van der Waals surface area contributed by atoms with Crippen molar-refractivity contribution in [3.63, 3.8) is 0 Å². The quantitative estimate of drug-likeness (QED) is 0.220. The Labute approximate surface area is 220 Å². The molecule has 4 aromatic carbocycles. The summed E-state index contributed by atoms with van der Waals surface area (Å²) in [6, 6.07) is 39.1. The van der Waals surface area contributed by atoms with E-state index in [0.717, 1.165) is 39.6 Å². The number of halogens is 1. The molecule has 0 radical (unpaired) electrons. The van der Waals surface area contributed by atoms with Gasteiger partial charge in [-0.3, -0.25) is 0 Å². The van der Waals surface area contributed by atoms with Gasteiger partial charge in [-0.25, -0.2) is 0 Å². The van der Waals surface area contributed by atoms with Gasteiger partial charge in [-0.2, -0.15) is 0 Å². The van der Waals surface area contributed by atoms with Gasteiger partial charge in [0.15, 0.2) is 0 Å². The molecule has 1 atom stereocenters. The molecule has 1 saturated carbocycles. The van der Waals surface area contributed by atoms with E-state index >= 15 is 0 Å². The van der Waals surface area contributed by atoms with Crippen molar-refractivity contribution in [1.29, 1.82) is 0 Å². The van der Waals surface area contributed by atoms with Crippen LogP contribution in [0.15, 0.2) is 121 Å². The van der Waals surface area contributed by atoms with E-state index < -0.39 is 17.1 Å². The minimum atomic E-state index is -4.78. The molecular weight excluding hydrogens is 558 g/mol. The van der Waals surface area contributed by atoms with Crippen LogP contribution in [-0.2, 0) is 4.08 Å². The zero-order valence-corrected chi connectivity index (χ0v) is 23.1. The Hall–Kier alpha value is -2.04. The first-order valence-corrected chi connectivity index (χ1v) is 17.3. The van der Waals surface area contributed by atoms with E-state index in [1.807, 2.05) is 109 Å². The summed E-state index contributed by atoms with van der Waals surface area (Å²) < 4.78 is 45.9. The monoisotopic (exact) mass is 586 g/mol. The number of benzene rings is 4. The summed E-state index contributed by atoms with van der Waals surface area (Å²) in [6.07, 6.45) is 3.03. The molecule has 0 aromatic heterocycles. The van der Waals surface area contributed by atoms with Crippen molar-refractivity contribution in [1.82, 2.24) is 0 Å². The van der Waals surface area contributed by atoms with Crippen LogP contribution in [0, 0.1) is 16.2 Å². The Bertz CT molecular complexity index is 1170. The fourth-order valence-corrected chi connectivity index (χ4v) is 20.4. The van der Waals surface area contributed by atoms with Gasteiger partial charge >= 0.3 is 222 Å². The summed E-state index contributed by atoms with van der Waals surface area (Å²) in [5.41, 5.74) is 0. The van der Waals surface area contributed by atoms with Crippen molar-refractivity contribution in [3.8, 4) is 0 Å². The second kappa shape index (κ2) is 10.4. The van der Waals surface area contributed by atoms with E-state index in [-0.39, 0.29) is 25.4 Å². The summed E-state index contributed by atoms with van der Waals surface area (Å²) in [5, 5.41) is 2.30. The summed E-state index contributed by atoms with van der Waals surface area (Å²) in [7, 11) is -4.78. The summed E-state index contributed by atoms with van der Waals surface area (Å²) in [4.78, 5) is 0. The van der Waals surface area contributed by atoms with E-state index in [9.17, 15) is 14.0 Å². The van der Waals surface area contributed by atoms with Gasteiger partial charge in [0.25, 0.3) is 0 Å². The SMILES string of the molecule is [O-][Cl+3]([O-])([O-])OP(c1ccccc1)(c1ccccc1)(c1ccccc1)C([Se]c1ccccc1)C1CCC1. The van der Waals surface area contributed by atoms with Crippen LogP contribution in [0.1, 0.15) is 19.3 Å². The Balaban J connectivity index is 1.96. The van der Waals surface area contributed by atoms with Crippen molar-refractivity contribution in [2.75, 3.05) is 0 Å². The molecule has 0 amide bonds. The van der Waals surface area contributed by atoms with Crippen LogP contribution in [0.25, 0.3) is 0 Å². The van der Waals surface area contributed by atoms with E-state index in [4.69, 9.17) is 4.08 Å². The molecule has 5 rings (SSSR count). The van der Waals surface area contributed by atoms with Crippen molar-refractivity contribution in [2.24, 2.45) is 5.92 Å². The first-order chi connectivity index (χ1) is 17.4. The molecule has 186 valence electrons. The molecule has 7 heteroatoms. The predicted octanol–water partition coefficient (Wildman–Crippen LogP) is 1.50. The van der Waals surface area contributed by atoms with E-state index in [2.05, 4.69) is 12.1 Å². The molecule has 1 fully saturated rings. The van der Waals surface area contributed by atoms with E-state index in [1.54, 1.807) is 0 Å². The Morgan fingerprint density at radius 2 is 1.03 bits per heavy atom. The van der Waals surface area contributed by atoms with Crippen molar-refractivity contribution >= 4 is 42.2 Å². The molecule has 0 bridgehead atoms. The summed E-state index contributed by atoms with van der Waals surface area (Å²) in [6.45, 7) is -4.38. The Morgan fingerprint density at radius 3 is 1.36 bits per heavy atom. The molecule has 1 aliphatic rings. The molecule has 1 unspecified atom stereocenters. The summed E-state index contributed by atoms with van der Waals surface area (Å²) in [5.74, 6) is 0.223. The minimum absolute atomic E-state index is 0.189. The van der Waals surface area contributed by atoms with Gasteiger partial charge in [0.05, 0.1) is 0 Å². The predicted molar refractivity (Wildman–Crippen MR) is 139 cm³/mol. The zero-order chi connectivity index (χ0) is 25.1. The topological polar surface area (TPSA) is 78.4 Å². The average Bonchev–Trinajstić information content (AvgIpc) is 2.88. The maximum atomic E-state index is 12.9. The molecule has 4 nitrogen and oxygen atoms in total. The second-order valence-corrected chi connectivity index (χ2v) is 18.0. The normalized spacial score (nSPS) is 16.5. The molecule has 1 aliphatic carbocycles. The number of hydrogen-bond acceptors (Lipinski definition) is 4. The van der Waals surface area contributed by atoms with E-state index in [0.29, 0.717) is 0 Å². The fourth-order valence-electron chi connectivity index (χ4n) is 5.36. The van der Waals surface area contributed by atoms with Crippen LogP contribution in [0.3, 0.4) is 0 Å². The van der Waals surface area contributed by atoms with Crippen LogP contribution in [-0.4, -0.2) is 19.5 Å². The second-order valence-electron chi connectivity index (χ2n) is 9.07. The summed E-state index contributed by atoms with van der Waals surface area (Å²) >= 11 is -0.189. The number of rotatable bonds is 9. The van der Waals surface area contributed by atoms with Crippen LogP contribution in [0.5, 0.6) is 0 Å². The first kappa shape index (κ1) is 25.6. The van der Waals surface area contributed by atoms with Crippen LogP contribution in [0.2, 0.25) is 0 Å². The van der Waals surface area contributed by atoms with Gasteiger partial charge in [-0.15, -0.1) is 0 Å².